The molecule has 0 amide bonds. The number of benzene rings is 1. The van der Waals surface area contributed by atoms with Gasteiger partial charge in [0.25, 0.3) is 5.69 Å². The third kappa shape index (κ3) is 3.32. The van der Waals surface area contributed by atoms with Crippen molar-refractivity contribution in [3.8, 4) is 0 Å². The number of nitro benzene ring substituents is 1. The standard InChI is InChI=1S/C12H11N5O2/c1-16-8-2-7-13-12(16)15-14-9-10-3-5-11(6-4-10)17(18)19/h2-9H,1H3. The molecule has 2 rings (SSSR count). The van der Waals surface area contributed by atoms with E-state index in [0.29, 0.717) is 5.62 Å². The largest absolute Gasteiger partial charge is 0.319 e. The predicted octanol–water partition coefficient (Wildman–Crippen LogP) is 1.26. The monoisotopic (exact) mass is 257 g/mol. The summed E-state index contributed by atoms with van der Waals surface area (Å²) in [7, 11) is 1.81. The van der Waals surface area contributed by atoms with Gasteiger partial charge in [0.2, 0.25) is 5.62 Å². The molecule has 0 aliphatic heterocycles. The van der Waals surface area contributed by atoms with Crippen molar-refractivity contribution in [3.05, 3.63) is 64.0 Å². The van der Waals surface area contributed by atoms with Crippen molar-refractivity contribution in [3.63, 3.8) is 0 Å². The second-order valence-corrected chi connectivity index (χ2v) is 3.72. The van der Waals surface area contributed by atoms with Crippen molar-refractivity contribution in [1.82, 2.24) is 9.55 Å². The van der Waals surface area contributed by atoms with Gasteiger partial charge in [0.1, 0.15) is 0 Å². The van der Waals surface area contributed by atoms with Gasteiger partial charge in [-0.3, -0.25) is 10.1 Å². The Morgan fingerprint density at radius 1 is 1.37 bits per heavy atom. The molecule has 0 saturated heterocycles. The number of non-ortho nitro benzene ring substituents is 1. The summed E-state index contributed by atoms with van der Waals surface area (Å²) >= 11 is 0. The predicted molar refractivity (Wildman–Crippen MR) is 69.5 cm³/mol. The average Bonchev–Trinajstić information content (AvgIpc) is 2.41. The fourth-order valence-electron chi connectivity index (χ4n) is 1.36. The molecule has 1 aromatic carbocycles. The Morgan fingerprint density at radius 2 is 2.11 bits per heavy atom. The van der Waals surface area contributed by atoms with E-state index in [-0.39, 0.29) is 5.69 Å². The maximum Gasteiger partial charge on any atom is 0.269 e. The lowest BCUT2D eigenvalue weighted by Gasteiger charge is -1.94. The molecule has 0 radical (unpaired) electrons. The molecule has 0 spiro atoms. The van der Waals surface area contributed by atoms with Crippen LogP contribution >= 0.6 is 0 Å². The molecule has 0 N–H and O–H groups in total. The highest BCUT2D eigenvalue weighted by Gasteiger charge is 2.02. The Kier molecular flexibility index (Phi) is 3.77. The molecule has 0 aliphatic rings. The van der Waals surface area contributed by atoms with Gasteiger partial charge in [-0.15, -0.1) is 5.10 Å². The Bertz CT molecular complexity index is 673. The molecular formula is C12H11N5O2. The van der Waals surface area contributed by atoms with Crippen LogP contribution in [0.2, 0.25) is 0 Å². The lowest BCUT2D eigenvalue weighted by molar-refractivity contribution is -0.384. The molecule has 96 valence electrons. The van der Waals surface area contributed by atoms with Crippen LogP contribution in [0, 0.1) is 10.1 Å². The first-order valence-corrected chi connectivity index (χ1v) is 5.46. The van der Waals surface area contributed by atoms with E-state index in [2.05, 4.69) is 15.2 Å². The summed E-state index contributed by atoms with van der Waals surface area (Å²) < 4.78 is 1.73. The highest BCUT2D eigenvalue weighted by molar-refractivity contribution is 5.79. The third-order valence-corrected chi connectivity index (χ3v) is 2.36. The van der Waals surface area contributed by atoms with Gasteiger partial charge in [-0.25, -0.2) is 4.98 Å². The molecule has 0 unspecified atom stereocenters. The van der Waals surface area contributed by atoms with Gasteiger partial charge in [-0.1, -0.05) is 0 Å². The molecule has 7 heteroatoms. The molecule has 7 nitrogen and oxygen atoms in total. The summed E-state index contributed by atoms with van der Waals surface area (Å²) in [4.78, 5) is 14.1. The smallest absolute Gasteiger partial charge is 0.269 e. The zero-order valence-electron chi connectivity index (χ0n) is 10.2. The quantitative estimate of drug-likeness (QED) is 0.471. The molecule has 0 atom stereocenters. The van der Waals surface area contributed by atoms with Crippen LogP contribution < -0.4 is 5.62 Å². The van der Waals surface area contributed by atoms with Crippen LogP contribution in [0.25, 0.3) is 0 Å². The maximum atomic E-state index is 10.5. The van der Waals surface area contributed by atoms with Crippen LogP contribution in [-0.2, 0) is 7.05 Å². The van der Waals surface area contributed by atoms with Gasteiger partial charge in [0.15, 0.2) is 0 Å². The van der Waals surface area contributed by atoms with Crippen molar-refractivity contribution < 1.29 is 4.92 Å². The highest BCUT2D eigenvalue weighted by atomic mass is 16.6. The molecule has 0 bridgehead atoms. The lowest BCUT2D eigenvalue weighted by Crippen LogP contribution is -2.19. The second-order valence-electron chi connectivity index (χ2n) is 3.72. The van der Waals surface area contributed by atoms with Gasteiger partial charge < -0.3 is 4.57 Å². The summed E-state index contributed by atoms with van der Waals surface area (Å²) in [5.41, 5.74) is 1.25. The SMILES string of the molecule is Cn1cccnc1=NN=Cc1ccc([N+](=O)[O-])cc1. The minimum Gasteiger partial charge on any atom is -0.319 e. The van der Waals surface area contributed by atoms with Crippen molar-refractivity contribution >= 4 is 11.9 Å². The van der Waals surface area contributed by atoms with E-state index in [1.807, 2.05) is 13.2 Å². The van der Waals surface area contributed by atoms with Gasteiger partial charge in [-0.05, 0) is 23.8 Å². The molecule has 0 aliphatic carbocycles. The first-order chi connectivity index (χ1) is 9.16. The van der Waals surface area contributed by atoms with E-state index >= 15 is 0 Å². The summed E-state index contributed by atoms with van der Waals surface area (Å²) in [5, 5.41) is 18.3. The minimum atomic E-state index is -0.445. The summed E-state index contributed by atoms with van der Waals surface area (Å²) in [6.45, 7) is 0. The highest BCUT2D eigenvalue weighted by Crippen LogP contribution is 2.10. The summed E-state index contributed by atoms with van der Waals surface area (Å²) in [6, 6.07) is 7.84. The summed E-state index contributed by atoms with van der Waals surface area (Å²) in [5.74, 6) is 0. The fraction of sp³-hybridized carbons (Fsp3) is 0.0833. The van der Waals surface area contributed by atoms with Crippen molar-refractivity contribution in [2.75, 3.05) is 0 Å². The Morgan fingerprint density at radius 3 is 2.74 bits per heavy atom. The van der Waals surface area contributed by atoms with Crippen LogP contribution in [0.15, 0.2) is 52.9 Å². The first-order valence-electron chi connectivity index (χ1n) is 5.46. The molecule has 1 aromatic heterocycles. The first kappa shape index (κ1) is 12.6. The molecule has 1 heterocycles. The summed E-state index contributed by atoms with van der Waals surface area (Å²) in [6.07, 6.45) is 4.95. The molecule has 19 heavy (non-hydrogen) atoms. The lowest BCUT2D eigenvalue weighted by atomic mass is 10.2. The number of nitro groups is 1. The topological polar surface area (TPSA) is 85.7 Å². The van der Waals surface area contributed by atoms with Crippen molar-refractivity contribution in [2.24, 2.45) is 17.3 Å². The zero-order chi connectivity index (χ0) is 13.7. The van der Waals surface area contributed by atoms with Crippen molar-refractivity contribution in [1.29, 1.82) is 0 Å². The van der Waals surface area contributed by atoms with Crippen LogP contribution in [0.4, 0.5) is 5.69 Å². The number of aryl methyl sites for hydroxylation is 1. The fourth-order valence-corrected chi connectivity index (χ4v) is 1.36. The van der Waals surface area contributed by atoms with E-state index in [0.717, 1.165) is 5.56 Å². The number of hydrogen-bond donors (Lipinski definition) is 0. The zero-order valence-corrected chi connectivity index (χ0v) is 10.2. The molecule has 0 saturated carbocycles. The minimum absolute atomic E-state index is 0.0465. The maximum absolute atomic E-state index is 10.5. The molecule has 2 aromatic rings. The Hall–Kier alpha value is -2.83. The van der Waals surface area contributed by atoms with Gasteiger partial charge in [0.05, 0.1) is 11.1 Å². The van der Waals surface area contributed by atoms with E-state index in [9.17, 15) is 10.1 Å². The Balaban J connectivity index is 2.18. The van der Waals surface area contributed by atoms with Crippen LogP contribution in [0.3, 0.4) is 0 Å². The van der Waals surface area contributed by atoms with E-state index in [1.54, 1.807) is 29.0 Å². The van der Waals surface area contributed by atoms with E-state index in [1.165, 1.54) is 18.3 Å². The van der Waals surface area contributed by atoms with Crippen LogP contribution in [0.1, 0.15) is 5.56 Å². The van der Waals surface area contributed by atoms with Crippen LogP contribution in [0.5, 0.6) is 0 Å². The van der Waals surface area contributed by atoms with E-state index < -0.39 is 4.92 Å². The Labute approximate surface area is 108 Å². The number of hydrogen-bond acceptors (Lipinski definition) is 5. The van der Waals surface area contributed by atoms with Gasteiger partial charge in [-0.2, -0.15) is 5.10 Å². The number of rotatable bonds is 3. The second kappa shape index (κ2) is 5.67. The van der Waals surface area contributed by atoms with Gasteiger partial charge in [0, 0.05) is 31.6 Å². The third-order valence-electron chi connectivity index (χ3n) is 2.36. The molecular weight excluding hydrogens is 246 g/mol. The average molecular weight is 257 g/mol. The van der Waals surface area contributed by atoms with Crippen molar-refractivity contribution in [2.45, 2.75) is 0 Å². The van der Waals surface area contributed by atoms with E-state index in [4.69, 9.17) is 0 Å². The number of aromatic nitrogens is 2. The molecule has 0 fully saturated rings. The van der Waals surface area contributed by atoms with Crippen LogP contribution in [-0.4, -0.2) is 20.7 Å². The number of nitrogens with zero attached hydrogens (tertiary/aromatic N) is 5. The van der Waals surface area contributed by atoms with Gasteiger partial charge >= 0.3 is 0 Å². The normalized spacial score (nSPS) is 11.9.